The zero-order valence-corrected chi connectivity index (χ0v) is 18.6. The second-order valence-electron chi connectivity index (χ2n) is 7.97. The van der Waals surface area contributed by atoms with E-state index in [4.69, 9.17) is 4.74 Å². The summed E-state index contributed by atoms with van der Waals surface area (Å²) in [6, 6.07) is 7.39. The zero-order valence-electron chi connectivity index (χ0n) is 18.6. The van der Waals surface area contributed by atoms with Gasteiger partial charge in [-0.05, 0) is 50.4 Å². The van der Waals surface area contributed by atoms with Gasteiger partial charge < -0.3 is 9.64 Å². The molecule has 32 heavy (non-hydrogen) atoms. The minimum absolute atomic E-state index is 0.0649. The van der Waals surface area contributed by atoms with E-state index in [9.17, 15) is 14.0 Å². The lowest BCUT2D eigenvalue weighted by Crippen LogP contribution is -2.31. The van der Waals surface area contributed by atoms with E-state index in [1.165, 1.54) is 24.4 Å². The number of hydrogen-bond acceptors (Lipinski definition) is 5. The van der Waals surface area contributed by atoms with Crippen molar-refractivity contribution >= 4 is 18.4 Å². The second-order valence-corrected chi connectivity index (χ2v) is 7.97. The molecule has 0 bridgehead atoms. The molecule has 1 amide bonds. The number of ether oxygens (including phenoxy) is 1. The molecule has 1 atom stereocenters. The van der Waals surface area contributed by atoms with Gasteiger partial charge in [-0.25, -0.2) is 9.37 Å². The van der Waals surface area contributed by atoms with Crippen LogP contribution in [0.5, 0.6) is 11.6 Å². The van der Waals surface area contributed by atoms with E-state index in [1.807, 2.05) is 33.8 Å². The van der Waals surface area contributed by atoms with Gasteiger partial charge in [-0.1, -0.05) is 19.9 Å². The average Bonchev–Trinajstić information content (AvgIpc) is 3.08. The van der Waals surface area contributed by atoms with Gasteiger partial charge in [-0.3, -0.25) is 14.6 Å². The molecule has 1 aromatic carbocycles. The number of halogens is 1. The molecule has 1 aliphatic heterocycles. The number of amides is 1. The third kappa shape index (κ3) is 4.82. The van der Waals surface area contributed by atoms with Gasteiger partial charge >= 0.3 is 0 Å². The Kier molecular flexibility index (Phi) is 6.98. The first kappa shape index (κ1) is 23.1. The van der Waals surface area contributed by atoms with Crippen LogP contribution in [0.2, 0.25) is 0 Å². The monoisotopic (exact) mass is 435 g/mol. The standard InChI is InChI=1S/C25H26FN3O3/c1-15(2)23(30)22-14-29(25(31)21(22)9-10-27-5)17(4)18-11-16(3)24(28-13-18)32-20-8-6-7-19(26)12-20/h6-13,15,17H,5,14H2,1-4H3/b10-9-. The molecule has 0 N–H and O–H groups in total. The molecule has 0 aliphatic carbocycles. The molecule has 1 unspecified atom stereocenters. The Labute approximate surface area is 187 Å². The minimum Gasteiger partial charge on any atom is -0.439 e. The van der Waals surface area contributed by atoms with Crippen LogP contribution in [0.4, 0.5) is 4.39 Å². The van der Waals surface area contributed by atoms with E-state index in [2.05, 4.69) is 16.7 Å². The predicted molar refractivity (Wildman–Crippen MR) is 121 cm³/mol. The molecule has 1 aromatic heterocycles. The lowest BCUT2D eigenvalue weighted by molar-refractivity contribution is -0.127. The molecule has 2 aromatic rings. The van der Waals surface area contributed by atoms with Crippen LogP contribution in [0.1, 0.15) is 37.9 Å². The number of benzene rings is 1. The zero-order chi connectivity index (χ0) is 23.4. The Bertz CT molecular complexity index is 1120. The highest BCUT2D eigenvalue weighted by molar-refractivity contribution is 6.11. The normalized spacial score (nSPS) is 15.1. The fourth-order valence-electron chi connectivity index (χ4n) is 3.52. The van der Waals surface area contributed by atoms with Crippen molar-refractivity contribution in [2.24, 2.45) is 10.9 Å². The van der Waals surface area contributed by atoms with Gasteiger partial charge in [0.25, 0.3) is 5.91 Å². The Morgan fingerprint density at radius 2 is 2.06 bits per heavy atom. The van der Waals surface area contributed by atoms with Crippen molar-refractivity contribution in [2.45, 2.75) is 33.7 Å². The van der Waals surface area contributed by atoms with Crippen LogP contribution in [0.3, 0.4) is 0 Å². The van der Waals surface area contributed by atoms with Crippen LogP contribution in [0, 0.1) is 18.7 Å². The molecular formula is C25H26FN3O3. The summed E-state index contributed by atoms with van der Waals surface area (Å²) in [5, 5.41) is 0. The second kappa shape index (κ2) is 9.68. The number of carbonyl (C=O) groups excluding carboxylic acids is 2. The Morgan fingerprint density at radius 3 is 2.69 bits per heavy atom. The molecule has 166 valence electrons. The summed E-state index contributed by atoms with van der Waals surface area (Å²) in [6.07, 6.45) is 4.58. The first-order valence-corrected chi connectivity index (χ1v) is 10.3. The average molecular weight is 435 g/mol. The predicted octanol–water partition coefficient (Wildman–Crippen LogP) is 4.96. The summed E-state index contributed by atoms with van der Waals surface area (Å²) in [4.78, 5) is 35.5. The number of hydrogen-bond donors (Lipinski definition) is 0. The van der Waals surface area contributed by atoms with Crippen LogP contribution in [-0.2, 0) is 9.59 Å². The van der Waals surface area contributed by atoms with Crippen LogP contribution in [-0.4, -0.2) is 34.8 Å². The number of Topliss-reactive ketones (excluding diaryl/α,β-unsaturated/α-hetero) is 1. The third-order valence-electron chi connectivity index (χ3n) is 5.33. The van der Waals surface area contributed by atoms with E-state index in [1.54, 1.807) is 23.2 Å². The van der Waals surface area contributed by atoms with Crippen LogP contribution < -0.4 is 4.74 Å². The van der Waals surface area contributed by atoms with Gasteiger partial charge in [-0.2, -0.15) is 0 Å². The van der Waals surface area contributed by atoms with Crippen LogP contribution in [0.15, 0.2) is 64.9 Å². The molecule has 0 fully saturated rings. The van der Waals surface area contributed by atoms with E-state index in [0.717, 1.165) is 11.1 Å². The van der Waals surface area contributed by atoms with Gasteiger partial charge in [0.1, 0.15) is 11.6 Å². The van der Waals surface area contributed by atoms with Crippen molar-refractivity contribution in [3.8, 4) is 11.6 Å². The summed E-state index contributed by atoms with van der Waals surface area (Å²) in [6.45, 7) is 10.9. The lowest BCUT2D eigenvalue weighted by atomic mass is 9.98. The summed E-state index contributed by atoms with van der Waals surface area (Å²) in [7, 11) is 0. The quantitative estimate of drug-likeness (QED) is 0.550. The first-order valence-electron chi connectivity index (χ1n) is 10.3. The van der Waals surface area contributed by atoms with Gasteiger partial charge in [0.05, 0.1) is 12.6 Å². The molecule has 7 heteroatoms. The molecular weight excluding hydrogens is 409 g/mol. The van der Waals surface area contributed by atoms with E-state index in [0.29, 0.717) is 22.8 Å². The number of pyridine rings is 1. The number of nitrogens with zero attached hydrogens (tertiary/aromatic N) is 3. The SMILES string of the molecule is C=N/C=C\C1=C(C(=O)C(C)C)CN(C(C)c2cnc(Oc3cccc(F)c3)c(C)c2)C1=O. The van der Waals surface area contributed by atoms with Crippen molar-refractivity contribution < 1.29 is 18.7 Å². The number of rotatable bonds is 8. The first-order chi connectivity index (χ1) is 15.2. The lowest BCUT2D eigenvalue weighted by Gasteiger charge is -2.26. The van der Waals surface area contributed by atoms with Crippen LogP contribution >= 0.6 is 0 Å². The Morgan fingerprint density at radius 1 is 1.31 bits per heavy atom. The van der Waals surface area contributed by atoms with Crippen molar-refractivity contribution in [3.05, 3.63) is 76.9 Å². The summed E-state index contributed by atoms with van der Waals surface area (Å²) in [5.41, 5.74) is 2.37. The van der Waals surface area contributed by atoms with E-state index in [-0.39, 0.29) is 30.2 Å². The van der Waals surface area contributed by atoms with Crippen molar-refractivity contribution in [1.82, 2.24) is 9.88 Å². The Hall–Kier alpha value is -3.61. The van der Waals surface area contributed by atoms with Crippen molar-refractivity contribution in [3.63, 3.8) is 0 Å². The molecule has 0 saturated carbocycles. The molecule has 1 aliphatic rings. The fraction of sp³-hybridized carbons (Fsp3) is 0.280. The highest BCUT2D eigenvalue weighted by atomic mass is 19.1. The molecule has 0 radical (unpaired) electrons. The summed E-state index contributed by atoms with van der Waals surface area (Å²) < 4.78 is 19.1. The van der Waals surface area contributed by atoms with Gasteiger partial charge in [0.2, 0.25) is 5.88 Å². The van der Waals surface area contributed by atoms with Crippen molar-refractivity contribution in [1.29, 1.82) is 0 Å². The number of carbonyl (C=O) groups is 2. The van der Waals surface area contributed by atoms with E-state index >= 15 is 0 Å². The number of aromatic nitrogens is 1. The Balaban J connectivity index is 1.84. The number of aliphatic imine (C=N–C) groups is 1. The maximum absolute atomic E-state index is 13.4. The molecule has 0 spiro atoms. The maximum atomic E-state index is 13.4. The molecule has 0 saturated heterocycles. The summed E-state index contributed by atoms with van der Waals surface area (Å²) >= 11 is 0. The summed E-state index contributed by atoms with van der Waals surface area (Å²) in [5.74, 6) is -0.216. The number of aryl methyl sites for hydroxylation is 1. The number of ketones is 1. The van der Waals surface area contributed by atoms with Crippen molar-refractivity contribution in [2.75, 3.05) is 6.54 Å². The maximum Gasteiger partial charge on any atom is 0.255 e. The van der Waals surface area contributed by atoms with Gasteiger partial charge in [-0.15, -0.1) is 0 Å². The molecule has 6 nitrogen and oxygen atoms in total. The van der Waals surface area contributed by atoms with Gasteiger partial charge in [0, 0.05) is 41.1 Å². The highest BCUT2D eigenvalue weighted by Gasteiger charge is 2.36. The molecule has 3 rings (SSSR count). The minimum atomic E-state index is -0.395. The smallest absolute Gasteiger partial charge is 0.255 e. The largest absolute Gasteiger partial charge is 0.439 e. The fourth-order valence-corrected chi connectivity index (χ4v) is 3.52. The highest BCUT2D eigenvalue weighted by Crippen LogP contribution is 2.33. The van der Waals surface area contributed by atoms with E-state index < -0.39 is 5.82 Å². The van der Waals surface area contributed by atoms with Gasteiger partial charge in [0.15, 0.2) is 5.78 Å². The topological polar surface area (TPSA) is 71.9 Å². The third-order valence-corrected chi connectivity index (χ3v) is 5.33. The van der Waals surface area contributed by atoms with Crippen LogP contribution in [0.25, 0.3) is 0 Å². The molecule has 2 heterocycles.